The molecule has 1 N–H and O–H groups in total. The van der Waals surface area contributed by atoms with Crippen molar-refractivity contribution in [3.05, 3.63) is 18.0 Å². The Hall–Kier alpha value is -0.500. The van der Waals surface area contributed by atoms with Gasteiger partial charge in [-0.3, -0.25) is 5.10 Å². The van der Waals surface area contributed by atoms with E-state index in [2.05, 4.69) is 10.2 Å². The molecule has 1 heterocycles. The van der Waals surface area contributed by atoms with Gasteiger partial charge in [0.15, 0.2) is 0 Å². The summed E-state index contributed by atoms with van der Waals surface area (Å²) in [6.45, 7) is 0. The Kier molecular flexibility index (Phi) is 1.42. The summed E-state index contributed by atoms with van der Waals surface area (Å²) in [5.41, 5.74) is 1.13. The van der Waals surface area contributed by atoms with Crippen LogP contribution in [0.4, 0.5) is 0 Å². The average Bonchev–Trinajstić information content (AvgIpc) is 2.65. The first-order valence-corrected chi connectivity index (χ1v) is 3.94. The minimum atomic E-state index is 0.193. The number of nitrogens with zero attached hydrogens (tertiary/aromatic N) is 1. The van der Waals surface area contributed by atoms with Crippen molar-refractivity contribution in [2.75, 3.05) is 0 Å². The lowest BCUT2D eigenvalue weighted by molar-refractivity contribution is 0.798. The van der Waals surface area contributed by atoms with Gasteiger partial charge in [-0.25, -0.2) is 0 Å². The van der Waals surface area contributed by atoms with E-state index in [1.165, 1.54) is 12.8 Å². The van der Waals surface area contributed by atoms with Crippen molar-refractivity contribution in [1.29, 1.82) is 0 Å². The Balaban J connectivity index is 2.11. The maximum atomic E-state index is 6.08. The van der Waals surface area contributed by atoms with Crippen LogP contribution in [0, 0.1) is 5.92 Å². The molecule has 0 aliphatic heterocycles. The van der Waals surface area contributed by atoms with Crippen LogP contribution in [0.5, 0.6) is 0 Å². The van der Waals surface area contributed by atoms with E-state index in [1.807, 2.05) is 6.20 Å². The topological polar surface area (TPSA) is 28.7 Å². The zero-order valence-electron chi connectivity index (χ0n) is 5.55. The molecule has 0 spiro atoms. The van der Waals surface area contributed by atoms with Gasteiger partial charge in [0.2, 0.25) is 0 Å². The largest absolute Gasteiger partial charge is 0.285 e. The Bertz CT molecular complexity index is 203. The van der Waals surface area contributed by atoms with Crippen LogP contribution in [-0.4, -0.2) is 10.2 Å². The van der Waals surface area contributed by atoms with E-state index in [0.29, 0.717) is 5.92 Å². The highest BCUT2D eigenvalue weighted by Gasteiger charge is 2.30. The number of rotatable bonds is 2. The molecule has 1 atom stereocenters. The summed E-state index contributed by atoms with van der Waals surface area (Å²) < 4.78 is 0. The molecule has 1 aromatic heterocycles. The second-order valence-electron chi connectivity index (χ2n) is 2.77. The molecule has 0 radical (unpaired) electrons. The van der Waals surface area contributed by atoms with E-state index in [-0.39, 0.29) is 5.38 Å². The minimum absolute atomic E-state index is 0.193. The number of hydrogen-bond donors (Lipinski definition) is 1. The summed E-state index contributed by atoms with van der Waals surface area (Å²) in [6, 6.07) is 0. The molecule has 2 rings (SSSR count). The molecule has 1 saturated carbocycles. The second kappa shape index (κ2) is 2.27. The van der Waals surface area contributed by atoms with Crippen molar-refractivity contribution in [3.8, 4) is 0 Å². The quantitative estimate of drug-likeness (QED) is 0.653. The number of aromatic amines is 1. The van der Waals surface area contributed by atoms with Gasteiger partial charge in [-0.05, 0) is 18.8 Å². The molecule has 1 aromatic rings. The number of alkyl halides is 1. The van der Waals surface area contributed by atoms with E-state index in [9.17, 15) is 0 Å². The highest BCUT2D eigenvalue weighted by Crippen LogP contribution is 2.44. The number of halogens is 1. The molecule has 1 fully saturated rings. The van der Waals surface area contributed by atoms with Crippen LogP contribution in [0.1, 0.15) is 23.8 Å². The number of H-pyrrole nitrogens is 1. The van der Waals surface area contributed by atoms with Crippen molar-refractivity contribution in [1.82, 2.24) is 10.2 Å². The predicted octanol–water partition coefficient (Wildman–Crippen LogP) is 2.10. The minimum Gasteiger partial charge on any atom is -0.285 e. The summed E-state index contributed by atoms with van der Waals surface area (Å²) in [5, 5.41) is 6.80. The second-order valence-corrected chi connectivity index (χ2v) is 3.24. The summed E-state index contributed by atoms with van der Waals surface area (Å²) in [4.78, 5) is 0. The highest BCUT2D eigenvalue weighted by molar-refractivity contribution is 6.21. The Morgan fingerprint density at radius 2 is 2.50 bits per heavy atom. The van der Waals surface area contributed by atoms with Crippen LogP contribution < -0.4 is 0 Å². The van der Waals surface area contributed by atoms with Crippen LogP contribution in [0.15, 0.2) is 12.4 Å². The molecule has 54 valence electrons. The maximum Gasteiger partial charge on any atom is 0.0644 e. The van der Waals surface area contributed by atoms with E-state index in [1.54, 1.807) is 6.20 Å². The van der Waals surface area contributed by atoms with E-state index < -0.39 is 0 Å². The predicted molar refractivity (Wildman–Crippen MR) is 39.9 cm³/mol. The van der Waals surface area contributed by atoms with Gasteiger partial charge < -0.3 is 0 Å². The molecule has 10 heavy (non-hydrogen) atoms. The molecule has 1 aliphatic carbocycles. The first kappa shape index (κ1) is 6.23. The molecule has 0 amide bonds. The lowest BCUT2D eigenvalue weighted by Crippen LogP contribution is -1.88. The summed E-state index contributed by atoms with van der Waals surface area (Å²) in [5.74, 6) is 0.708. The van der Waals surface area contributed by atoms with Gasteiger partial charge in [0.1, 0.15) is 0 Å². The molecule has 1 unspecified atom stereocenters. The van der Waals surface area contributed by atoms with Gasteiger partial charge in [-0.2, -0.15) is 5.10 Å². The number of aromatic nitrogens is 2. The molecular formula is C7H9ClN2. The fraction of sp³-hybridized carbons (Fsp3) is 0.571. The van der Waals surface area contributed by atoms with Gasteiger partial charge >= 0.3 is 0 Å². The lowest BCUT2D eigenvalue weighted by Gasteiger charge is -2.01. The Morgan fingerprint density at radius 3 is 3.00 bits per heavy atom. The van der Waals surface area contributed by atoms with Crippen molar-refractivity contribution in [2.24, 2.45) is 5.92 Å². The highest BCUT2D eigenvalue weighted by atomic mass is 35.5. The summed E-state index contributed by atoms with van der Waals surface area (Å²) >= 11 is 6.08. The molecule has 3 heteroatoms. The van der Waals surface area contributed by atoms with Crippen molar-refractivity contribution >= 4 is 11.6 Å². The monoisotopic (exact) mass is 156 g/mol. The molecule has 0 saturated heterocycles. The molecule has 0 bridgehead atoms. The Morgan fingerprint density at radius 1 is 1.70 bits per heavy atom. The van der Waals surface area contributed by atoms with Crippen LogP contribution in [0.2, 0.25) is 0 Å². The van der Waals surface area contributed by atoms with Gasteiger partial charge in [-0.15, -0.1) is 11.6 Å². The van der Waals surface area contributed by atoms with Crippen LogP contribution in [0.25, 0.3) is 0 Å². The number of hydrogen-bond acceptors (Lipinski definition) is 1. The van der Waals surface area contributed by atoms with E-state index in [4.69, 9.17) is 11.6 Å². The third kappa shape index (κ3) is 1.03. The average molecular weight is 157 g/mol. The van der Waals surface area contributed by atoms with Gasteiger partial charge in [0, 0.05) is 11.8 Å². The third-order valence-electron chi connectivity index (χ3n) is 1.87. The van der Waals surface area contributed by atoms with Crippen molar-refractivity contribution in [2.45, 2.75) is 18.2 Å². The molecule has 2 nitrogen and oxygen atoms in total. The van der Waals surface area contributed by atoms with Gasteiger partial charge in [-0.1, -0.05) is 0 Å². The molecule has 0 aromatic carbocycles. The zero-order chi connectivity index (χ0) is 6.97. The fourth-order valence-electron chi connectivity index (χ4n) is 1.07. The lowest BCUT2D eigenvalue weighted by atomic mass is 10.2. The molecule has 1 aliphatic rings. The van der Waals surface area contributed by atoms with Crippen LogP contribution >= 0.6 is 11.6 Å². The summed E-state index contributed by atoms with van der Waals surface area (Å²) in [6.07, 6.45) is 6.23. The third-order valence-corrected chi connectivity index (χ3v) is 2.48. The van der Waals surface area contributed by atoms with Gasteiger partial charge in [0.05, 0.1) is 11.6 Å². The number of nitrogens with one attached hydrogen (secondary N) is 1. The molecular weight excluding hydrogens is 148 g/mol. The fourth-order valence-corrected chi connectivity index (χ4v) is 1.44. The van der Waals surface area contributed by atoms with E-state index in [0.717, 1.165) is 5.56 Å². The normalized spacial score (nSPS) is 20.9. The smallest absolute Gasteiger partial charge is 0.0644 e. The van der Waals surface area contributed by atoms with E-state index >= 15 is 0 Å². The van der Waals surface area contributed by atoms with Gasteiger partial charge in [0.25, 0.3) is 0 Å². The van der Waals surface area contributed by atoms with Crippen molar-refractivity contribution in [3.63, 3.8) is 0 Å². The maximum absolute atomic E-state index is 6.08. The van der Waals surface area contributed by atoms with Crippen molar-refractivity contribution < 1.29 is 0 Å². The SMILES string of the molecule is ClC(c1cn[nH]c1)C1CC1. The summed E-state index contributed by atoms with van der Waals surface area (Å²) in [7, 11) is 0. The Labute approximate surface area is 64.6 Å². The standard InChI is InChI=1S/C7H9ClN2/c8-7(5-1-2-5)6-3-9-10-4-6/h3-5,7H,1-2H2,(H,9,10). The first-order chi connectivity index (χ1) is 4.88. The van der Waals surface area contributed by atoms with Crippen LogP contribution in [0.3, 0.4) is 0 Å². The first-order valence-electron chi connectivity index (χ1n) is 3.50. The van der Waals surface area contributed by atoms with Crippen LogP contribution in [-0.2, 0) is 0 Å². The zero-order valence-corrected chi connectivity index (χ0v) is 6.30.